The van der Waals surface area contributed by atoms with E-state index in [1.807, 2.05) is 24.3 Å². The molecule has 0 aliphatic heterocycles. The summed E-state index contributed by atoms with van der Waals surface area (Å²) >= 11 is 0. The standard InChI is InChI=1S/C16H20N4O/c1-2-20(11-14-5-3-4-8-19-14)10-13-7-6-12(16(18)21)9-15(13)17/h3-9H,2,10-11,17H2,1H3,(H2,18,21). The summed E-state index contributed by atoms with van der Waals surface area (Å²) in [5.74, 6) is -0.464. The predicted molar refractivity (Wildman–Crippen MR) is 83.4 cm³/mol. The Bertz CT molecular complexity index is 613. The van der Waals surface area contributed by atoms with Gasteiger partial charge in [-0.25, -0.2) is 0 Å². The summed E-state index contributed by atoms with van der Waals surface area (Å²) in [6.07, 6.45) is 1.79. The molecule has 0 saturated heterocycles. The zero-order valence-electron chi connectivity index (χ0n) is 12.1. The van der Waals surface area contributed by atoms with Gasteiger partial charge in [0.1, 0.15) is 0 Å². The van der Waals surface area contributed by atoms with Crippen molar-refractivity contribution in [2.75, 3.05) is 12.3 Å². The number of nitrogens with zero attached hydrogens (tertiary/aromatic N) is 2. The van der Waals surface area contributed by atoms with Crippen molar-refractivity contribution in [3.63, 3.8) is 0 Å². The molecule has 1 aromatic heterocycles. The molecule has 0 aliphatic rings. The predicted octanol–water partition coefficient (Wildman–Crippen LogP) is 1.78. The first-order chi connectivity index (χ1) is 10.1. The molecule has 0 atom stereocenters. The van der Waals surface area contributed by atoms with Gasteiger partial charge in [-0.3, -0.25) is 14.7 Å². The third-order valence-corrected chi connectivity index (χ3v) is 3.38. The molecular weight excluding hydrogens is 264 g/mol. The first-order valence-electron chi connectivity index (χ1n) is 6.90. The van der Waals surface area contributed by atoms with Gasteiger partial charge in [-0.1, -0.05) is 19.1 Å². The van der Waals surface area contributed by atoms with Gasteiger partial charge in [-0.15, -0.1) is 0 Å². The van der Waals surface area contributed by atoms with Crippen LogP contribution in [0.4, 0.5) is 5.69 Å². The lowest BCUT2D eigenvalue weighted by atomic mass is 10.1. The molecule has 0 unspecified atom stereocenters. The molecule has 1 amide bonds. The molecule has 0 radical (unpaired) electrons. The number of aromatic nitrogens is 1. The fourth-order valence-electron chi connectivity index (χ4n) is 2.13. The van der Waals surface area contributed by atoms with Crippen LogP contribution in [0.2, 0.25) is 0 Å². The van der Waals surface area contributed by atoms with Crippen LogP contribution < -0.4 is 11.5 Å². The zero-order valence-corrected chi connectivity index (χ0v) is 12.1. The Balaban J connectivity index is 2.10. The molecule has 21 heavy (non-hydrogen) atoms. The van der Waals surface area contributed by atoms with E-state index in [1.165, 1.54) is 0 Å². The second kappa shape index (κ2) is 6.85. The van der Waals surface area contributed by atoms with Crippen molar-refractivity contribution < 1.29 is 4.79 Å². The van der Waals surface area contributed by atoms with Gasteiger partial charge < -0.3 is 11.5 Å². The third kappa shape index (κ3) is 4.03. The fraction of sp³-hybridized carbons (Fsp3) is 0.250. The van der Waals surface area contributed by atoms with E-state index in [1.54, 1.807) is 18.3 Å². The van der Waals surface area contributed by atoms with E-state index in [-0.39, 0.29) is 0 Å². The number of carbonyl (C=O) groups is 1. The Labute approximate surface area is 124 Å². The highest BCUT2D eigenvalue weighted by Gasteiger charge is 2.10. The molecule has 0 bridgehead atoms. The normalized spacial score (nSPS) is 10.8. The number of hydrogen-bond donors (Lipinski definition) is 2. The van der Waals surface area contributed by atoms with Gasteiger partial charge in [0.25, 0.3) is 0 Å². The van der Waals surface area contributed by atoms with Crippen LogP contribution in [-0.4, -0.2) is 22.3 Å². The number of anilines is 1. The van der Waals surface area contributed by atoms with Crippen molar-refractivity contribution in [1.82, 2.24) is 9.88 Å². The van der Waals surface area contributed by atoms with Crippen molar-refractivity contribution >= 4 is 11.6 Å². The molecule has 1 heterocycles. The van der Waals surface area contributed by atoms with E-state index in [0.717, 1.165) is 24.3 Å². The lowest BCUT2D eigenvalue weighted by molar-refractivity contribution is 0.100. The second-order valence-corrected chi connectivity index (χ2v) is 4.90. The molecule has 5 heteroatoms. The summed E-state index contributed by atoms with van der Waals surface area (Å²) in [5, 5.41) is 0. The van der Waals surface area contributed by atoms with Crippen molar-refractivity contribution in [1.29, 1.82) is 0 Å². The summed E-state index contributed by atoms with van der Waals surface area (Å²) < 4.78 is 0. The lowest BCUT2D eigenvalue weighted by Gasteiger charge is -2.21. The smallest absolute Gasteiger partial charge is 0.248 e. The highest BCUT2D eigenvalue weighted by Crippen LogP contribution is 2.17. The van der Waals surface area contributed by atoms with Crippen LogP contribution in [0.5, 0.6) is 0 Å². The maximum Gasteiger partial charge on any atom is 0.248 e. The minimum atomic E-state index is -0.464. The molecular formula is C16H20N4O. The molecule has 0 spiro atoms. The van der Waals surface area contributed by atoms with Crippen LogP contribution in [0.15, 0.2) is 42.6 Å². The SMILES string of the molecule is CCN(Cc1ccccn1)Cc1ccc(C(N)=O)cc1N. The number of benzene rings is 1. The molecule has 5 nitrogen and oxygen atoms in total. The number of carbonyl (C=O) groups excluding carboxylic acids is 1. The number of amides is 1. The largest absolute Gasteiger partial charge is 0.398 e. The highest BCUT2D eigenvalue weighted by molar-refractivity contribution is 5.93. The zero-order chi connectivity index (χ0) is 15.2. The Morgan fingerprint density at radius 2 is 2.05 bits per heavy atom. The lowest BCUT2D eigenvalue weighted by Crippen LogP contribution is -2.23. The Morgan fingerprint density at radius 1 is 1.24 bits per heavy atom. The van der Waals surface area contributed by atoms with Crippen LogP contribution in [0.3, 0.4) is 0 Å². The number of primary amides is 1. The molecule has 1 aromatic carbocycles. The minimum Gasteiger partial charge on any atom is -0.398 e. The van der Waals surface area contributed by atoms with Gasteiger partial charge >= 0.3 is 0 Å². The highest BCUT2D eigenvalue weighted by atomic mass is 16.1. The maximum absolute atomic E-state index is 11.1. The molecule has 0 aliphatic carbocycles. The first kappa shape index (κ1) is 15.0. The van der Waals surface area contributed by atoms with Crippen LogP contribution in [0.1, 0.15) is 28.5 Å². The fourth-order valence-corrected chi connectivity index (χ4v) is 2.13. The quantitative estimate of drug-likeness (QED) is 0.792. The first-order valence-corrected chi connectivity index (χ1v) is 6.90. The molecule has 0 fully saturated rings. The van der Waals surface area contributed by atoms with Gasteiger partial charge in [0, 0.05) is 30.5 Å². The van der Waals surface area contributed by atoms with Crippen molar-refractivity contribution in [3.8, 4) is 0 Å². The van der Waals surface area contributed by atoms with Crippen molar-refractivity contribution in [2.45, 2.75) is 20.0 Å². The van der Waals surface area contributed by atoms with E-state index >= 15 is 0 Å². The minimum absolute atomic E-state index is 0.434. The maximum atomic E-state index is 11.1. The summed E-state index contributed by atoms with van der Waals surface area (Å²) in [6.45, 7) is 4.44. The third-order valence-electron chi connectivity index (χ3n) is 3.38. The van der Waals surface area contributed by atoms with E-state index in [2.05, 4.69) is 16.8 Å². The van der Waals surface area contributed by atoms with E-state index in [4.69, 9.17) is 11.5 Å². The van der Waals surface area contributed by atoms with Gasteiger partial charge in [0.15, 0.2) is 0 Å². The van der Waals surface area contributed by atoms with Gasteiger partial charge in [0.2, 0.25) is 5.91 Å². The van der Waals surface area contributed by atoms with Crippen LogP contribution in [0.25, 0.3) is 0 Å². The van der Waals surface area contributed by atoms with Gasteiger partial charge in [0.05, 0.1) is 5.69 Å². The average molecular weight is 284 g/mol. The number of hydrogen-bond acceptors (Lipinski definition) is 4. The van der Waals surface area contributed by atoms with Gasteiger partial charge in [-0.05, 0) is 36.4 Å². The second-order valence-electron chi connectivity index (χ2n) is 4.90. The van der Waals surface area contributed by atoms with Crippen LogP contribution >= 0.6 is 0 Å². The summed E-state index contributed by atoms with van der Waals surface area (Å²) in [6, 6.07) is 11.1. The Kier molecular flexibility index (Phi) is 4.90. The molecule has 4 N–H and O–H groups in total. The number of pyridine rings is 1. The van der Waals surface area contributed by atoms with Crippen LogP contribution in [-0.2, 0) is 13.1 Å². The van der Waals surface area contributed by atoms with Gasteiger partial charge in [-0.2, -0.15) is 0 Å². The van der Waals surface area contributed by atoms with E-state index in [0.29, 0.717) is 17.8 Å². The van der Waals surface area contributed by atoms with E-state index < -0.39 is 5.91 Å². The average Bonchev–Trinajstić information content (AvgIpc) is 2.49. The molecule has 0 saturated carbocycles. The summed E-state index contributed by atoms with van der Waals surface area (Å²) in [4.78, 5) is 17.7. The van der Waals surface area contributed by atoms with Crippen LogP contribution in [0, 0.1) is 0 Å². The number of rotatable bonds is 6. The van der Waals surface area contributed by atoms with Crippen molar-refractivity contribution in [3.05, 3.63) is 59.4 Å². The molecule has 2 rings (SSSR count). The Morgan fingerprint density at radius 3 is 2.62 bits per heavy atom. The van der Waals surface area contributed by atoms with E-state index in [9.17, 15) is 4.79 Å². The van der Waals surface area contributed by atoms with Crippen molar-refractivity contribution in [2.24, 2.45) is 5.73 Å². The topological polar surface area (TPSA) is 85.2 Å². The molecule has 2 aromatic rings. The number of nitrogen functional groups attached to an aromatic ring is 1. The number of nitrogens with two attached hydrogens (primary N) is 2. The molecule has 110 valence electrons. The summed E-state index contributed by atoms with van der Waals surface area (Å²) in [5.41, 5.74) is 14.3. The monoisotopic (exact) mass is 284 g/mol. The summed E-state index contributed by atoms with van der Waals surface area (Å²) in [7, 11) is 0. The Hall–Kier alpha value is -2.40.